The Morgan fingerprint density at radius 1 is 1.33 bits per heavy atom. The summed E-state index contributed by atoms with van der Waals surface area (Å²) in [4.78, 5) is 26.5. The van der Waals surface area contributed by atoms with Gasteiger partial charge in [-0.15, -0.1) is 0 Å². The lowest BCUT2D eigenvalue weighted by molar-refractivity contribution is 0.0224. The molecule has 2 atom stereocenters. The number of likely N-dealkylation sites (tertiary alicyclic amines) is 1. The van der Waals surface area contributed by atoms with Crippen molar-refractivity contribution >= 4 is 17.0 Å². The average molecular weight is 330 g/mol. The Kier molecular flexibility index (Phi) is 4.26. The van der Waals surface area contributed by atoms with Crippen LogP contribution in [0.4, 0.5) is 4.79 Å². The summed E-state index contributed by atoms with van der Waals surface area (Å²) in [5.74, 6) is 0.519. The second-order valence-electron chi connectivity index (χ2n) is 7.03. The number of ether oxygens (including phenoxy) is 2. The fourth-order valence-corrected chi connectivity index (χ4v) is 2.78. The highest BCUT2D eigenvalue weighted by Gasteiger charge is 2.36. The van der Waals surface area contributed by atoms with Crippen LogP contribution in [-0.2, 0) is 4.74 Å². The number of aromatic nitrogens is 3. The zero-order valence-electron chi connectivity index (χ0n) is 14.4. The molecule has 0 N–H and O–H groups in total. The average Bonchev–Trinajstić information content (AvgIpc) is 2.87. The molecule has 7 heteroatoms. The van der Waals surface area contributed by atoms with Gasteiger partial charge in [0.1, 0.15) is 18.0 Å². The van der Waals surface area contributed by atoms with Gasteiger partial charge in [-0.3, -0.25) is 4.98 Å². The first-order chi connectivity index (χ1) is 11.3. The van der Waals surface area contributed by atoms with Gasteiger partial charge >= 0.3 is 6.09 Å². The van der Waals surface area contributed by atoms with Gasteiger partial charge in [0.2, 0.25) is 5.88 Å². The lowest BCUT2D eigenvalue weighted by Crippen LogP contribution is -2.39. The summed E-state index contributed by atoms with van der Waals surface area (Å²) in [5, 5.41) is 0.816. The van der Waals surface area contributed by atoms with Crippen LogP contribution in [0.15, 0.2) is 24.8 Å². The molecule has 24 heavy (non-hydrogen) atoms. The first-order valence-electron chi connectivity index (χ1n) is 8.04. The van der Waals surface area contributed by atoms with Crippen LogP contribution in [0, 0.1) is 0 Å². The molecule has 3 rings (SSSR count). The van der Waals surface area contributed by atoms with Crippen LogP contribution < -0.4 is 4.74 Å². The van der Waals surface area contributed by atoms with E-state index in [2.05, 4.69) is 15.0 Å². The van der Waals surface area contributed by atoms with Crippen LogP contribution in [-0.4, -0.2) is 50.2 Å². The zero-order chi connectivity index (χ0) is 17.3. The van der Waals surface area contributed by atoms with E-state index in [1.54, 1.807) is 17.3 Å². The van der Waals surface area contributed by atoms with Crippen molar-refractivity contribution in [2.24, 2.45) is 0 Å². The van der Waals surface area contributed by atoms with Crippen LogP contribution in [0.1, 0.15) is 34.1 Å². The number of hydrogen-bond acceptors (Lipinski definition) is 6. The van der Waals surface area contributed by atoms with Crippen molar-refractivity contribution in [1.82, 2.24) is 19.9 Å². The smallest absolute Gasteiger partial charge is 0.410 e. The number of carbonyl (C=O) groups is 1. The van der Waals surface area contributed by atoms with E-state index in [1.807, 2.05) is 33.8 Å². The number of pyridine rings is 1. The van der Waals surface area contributed by atoms with Gasteiger partial charge in [0, 0.05) is 18.7 Å². The van der Waals surface area contributed by atoms with E-state index >= 15 is 0 Å². The van der Waals surface area contributed by atoms with Crippen molar-refractivity contribution < 1.29 is 14.3 Å². The Hall–Kier alpha value is -2.44. The summed E-state index contributed by atoms with van der Waals surface area (Å²) < 4.78 is 11.5. The molecule has 1 saturated heterocycles. The highest BCUT2D eigenvalue weighted by Crippen LogP contribution is 2.27. The molecule has 0 aliphatic carbocycles. The second-order valence-corrected chi connectivity index (χ2v) is 7.03. The van der Waals surface area contributed by atoms with E-state index in [1.165, 1.54) is 6.33 Å². The highest BCUT2D eigenvalue weighted by atomic mass is 16.6. The molecule has 0 spiro atoms. The van der Waals surface area contributed by atoms with Crippen LogP contribution in [0.25, 0.3) is 10.9 Å². The normalized spacial score (nSPS) is 21.1. The molecule has 1 amide bonds. The molecule has 2 aromatic heterocycles. The zero-order valence-corrected chi connectivity index (χ0v) is 14.4. The molecule has 7 nitrogen and oxygen atoms in total. The molecular formula is C17H22N4O3. The van der Waals surface area contributed by atoms with Crippen molar-refractivity contribution in [2.45, 2.75) is 51.9 Å². The molecule has 2 aromatic rings. The third-order valence-electron chi connectivity index (χ3n) is 3.84. The van der Waals surface area contributed by atoms with E-state index in [9.17, 15) is 4.79 Å². The Labute approximate surface area is 141 Å². The summed E-state index contributed by atoms with van der Waals surface area (Å²) in [5.41, 5.74) is 0.226. The topological polar surface area (TPSA) is 77.4 Å². The Bertz CT molecular complexity index is 739. The van der Waals surface area contributed by atoms with Gasteiger partial charge in [-0.05, 0) is 33.8 Å². The van der Waals surface area contributed by atoms with Gasteiger partial charge in [0.15, 0.2) is 0 Å². The third-order valence-corrected chi connectivity index (χ3v) is 3.84. The molecule has 0 radical (unpaired) electrons. The minimum Gasteiger partial charge on any atom is -0.472 e. The lowest BCUT2D eigenvalue weighted by atomic mass is 10.2. The predicted octanol–water partition coefficient (Wildman–Crippen LogP) is 2.80. The lowest BCUT2D eigenvalue weighted by Gasteiger charge is -2.26. The second kappa shape index (κ2) is 6.22. The van der Waals surface area contributed by atoms with Crippen molar-refractivity contribution in [3.05, 3.63) is 24.8 Å². The maximum Gasteiger partial charge on any atom is 0.410 e. The molecule has 0 bridgehead atoms. The SMILES string of the molecule is CC1CC(Oc2ncnc3cnccc23)CN1C(=O)OC(C)(C)C. The van der Waals surface area contributed by atoms with Crippen molar-refractivity contribution in [3.63, 3.8) is 0 Å². The fraction of sp³-hybridized carbons (Fsp3) is 0.529. The number of fused-ring (bicyclic) bond motifs is 1. The summed E-state index contributed by atoms with van der Waals surface area (Å²) in [6, 6.07) is 1.88. The molecular weight excluding hydrogens is 308 g/mol. The fourth-order valence-electron chi connectivity index (χ4n) is 2.78. The molecule has 1 aliphatic heterocycles. The molecule has 0 saturated carbocycles. The first kappa shape index (κ1) is 16.4. The summed E-state index contributed by atoms with van der Waals surface area (Å²) in [7, 11) is 0. The number of carbonyl (C=O) groups excluding carboxylic acids is 1. The molecule has 2 unspecified atom stereocenters. The van der Waals surface area contributed by atoms with E-state index in [0.29, 0.717) is 12.4 Å². The van der Waals surface area contributed by atoms with Crippen LogP contribution in [0.3, 0.4) is 0 Å². The monoisotopic (exact) mass is 330 g/mol. The van der Waals surface area contributed by atoms with Gasteiger partial charge in [-0.1, -0.05) is 0 Å². The Balaban J connectivity index is 1.72. The minimum absolute atomic E-state index is 0.0552. The highest BCUT2D eigenvalue weighted by molar-refractivity contribution is 5.82. The van der Waals surface area contributed by atoms with E-state index in [0.717, 1.165) is 17.3 Å². The van der Waals surface area contributed by atoms with E-state index < -0.39 is 5.60 Å². The Morgan fingerprint density at radius 3 is 2.88 bits per heavy atom. The van der Waals surface area contributed by atoms with Gasteiger partial charge in [0.25, 0.3) is 0 Å². The third kappa shape index (κ3) is 3.55. The number of amides is 1. The number of hydrogen-bond donors (Lipinski definition) is 0. The maximum absolute atomic E-state index is 12.3. The van der Waals surface area contributed by atoms with Gasteiger partial charge in [0.05, 0.1) is 23.6 Å². The van der Waals surface area contributed by atoms with Crippen LogP contribution in [0.2, 0.25) is 0 Å². The number of rotatable bonds is 2. The predicted molar refractivity (Wildman–Crippen MR) is 88.8 cm³/mol. The standard InChI is InChI=1S/C17H22N4O3/c1-11-7-12(9-21(11)16(22)24-17(2,3)4)23-15-13-5-6-18-8-14(13)19-10-20-15/h5-6,8,10-12H,7,9H2,1-4H3. The molecule has 3 heterocycles. The van der Waals surface area contributed by atoms with Crippen LogP contribution >= 0.6 is 0 Å². The van der Waals surface area contributed by atoms with Gasteiger partial charge in [-0.2, -0.15) is 0 Å². The maximum atomic E-state index is 12.3. The quantitative estimate of drug-likeness (QED) is 0.842. The summed E-state index contributed by atoms with van der Waals surface area (Å²) in [6.45, 7) is 8.06. The summed E-state index contributed by atoms with van der Waals surface area (Å²) >= 11 is 0. The largest absolute Gasteiger partial charge is 0.472 e. The van der Waals surface area contributed by atoms with Crippen LogP contribution in [0.5, 0.6) is 5.88 Å². The summed E-state index contributed by atoms with van der Waals surface area (Å²) in [6.07, 6.45) is 5.12. The van der Waals surface area contributed by atoms with E-state index in [-0.39, 0.29) is 18.2 Å². The van der Waals surface area contributed by atoms with Crippen molar-refractivity contribution in [1.29, 1.82) is 0 Å². The Morgan fingerprint density at radius 2 is 2.12 bits per heavy atom. The van der Waals surface area contributed by atoms with Gasteiger partial charge < -0.3 is 14.4 Å². The molecule has 1 fully saturated rings. The van der Waals surface area contributed by atoms with Gasteiger partial charge in [-0.25, -0.2) is 14.8 Å². The van der Waals surface area contributed by atoms with Crippen molar-refractivity contribution in [2.75, 3.05) is 6.54 Å². The van der Waals surface area contributed by atoms with Crippen molar-refractivity contribution in [3.8, 4) is 5.88 Å². The van der Waals surface area contributed by atoms with E-state index in [4.69, 9.17) is 9.47 Å². The molecule has 1 aliphatic rings. The first-order valence-corrected chi connectivity index (χ1v) is 8.04. The minimum atomic E-state index is -0.508. The number of nitrogens with zero attached hydrogens (tertiary/aromatic N) is 4. The molecule has 0 aromatic carbocycles. The molecule has 128 valence electrons.